The van der Waals surface area contributed by atoms with E-state index in [1.807, 2.05) is 13.8 Å². The standard InChI is InChI=1S/C9H19NO.C5H7N2.C4H10.C2H6.Y/c1-8(2)10-7-9(11)5-3-4-6-9;6-3-4-1-5(7)2-4;1-3-4-2;1-2;/h8,10-11H,3-7H2,1-2H3;4-5,7H,1-2H2;3-4H2,1-2H3;1-2H3;/q;-1;;;. The molecule has 0 spiro atoms. The third-order valence-electron chi connectivity index (χ3n) is 4.19. The Bertz CT molecular complexity index is 305. The van der Waals surface area contributed by atoms with Gasteiger partial charge in [-0.1, -0.05) is 80.1 Å². The second-order valence-electron chi connectivity index (χ2n) is 6.96. The van der Waals surface area contributed by atoms with E-state index in [9.17, 15) is 5.11 Å². The maximum Gasteiger partial charge on any atom is 0.0771 e. The van der Waals surface area contributed by atoms with Crippen LogP contribution >= 0.6 is 0 Å². The molecule has 3 N–H and O–H groups in total. The van der Waals surface area contributed by atoms with Crippen LogP contribution in [0.2, 0.25) is 0 Å². The average molecular weight is 429 g/mol. The third-order valence-corrected chi connectivity index (χ3v) is 4.19. The molecule has 0 saturated heterocycles. The number of hydrogen-bond donors (Lipinski definition) is 2. The Kier molecular flexibility index (Phi) is 23.3. The van der Waals surface area contributed by atoms with Gasteiger partial charge >= 0.3 is 0 Å². The third kappa shape index (κ3) is 17.6. The zero-order valence-corrected chi connectivity index (χ0v) is 20.4. The van der Waals surface area contributed by atoms with Crippen molar-refractivity contribution in [2.24, 2.45) is 5.92 Å². The molecule has 4 nitrogen and oxygen atoms in total. The molecule has 0 aromatic carbocycles. The van der Waals surface area contributed by atoms with Crippen LogP contribution < -0.4 is 5.32 Å². The molecule has 2 saturated carbocycles. The van der Waals surface area contributed by atoms with Crippen LogP contribution in [0.1, 0.15) is 92.9 Å². The second-order valence-corrected chi connectivity index (χ2v) is 6.96. The summed E-state index contributed by atoms with van der Waals surface area (Å²) in [7, 11) is 0. The first kappa shape index (κ1) is 30.2. The SMILES string of the molecule is CC.CC(C)NCC1(O)CCCC1.CCCC.N#CC1CC([NH-])C1.[Y]. The number of nitrogens with one attached hydrogen (secondary N) is 2. The van der Waals surface area contributed by atoms with Gasteiger partial charge in [0.05, 0.1) is 11.7 Å². The van der Waals surface area contributed by atoms with Crippen LogP contribution in [-0.4, -0.2) is 29.3 Å². The van der Waals surface area contributed by atoms with Gasteiger partial charge in [0.1, 0.15) is 0 Å². The minimum atomic E-state index is -0.385. The minimum Gasteiger partial charge on any atom is -0.675 e. The van der Waals surface area contributed by atoms with Crippen molar-refractivity contribution in [2.75, 3.05) is 6.54 Å². The number of rotatable bonds is 4. The van der Waals surface area contributed by atoms with Gasteiger partial charge in [0, 0.05) is 51.2 Å². The molecule has 0 aromatic heterocycles. The molecular formula is C20H42N3OY-. The largest absolute Gasteiger partial charge is 0.675 e. The van der Waals surface area contributed by atoms with E-state index in [2.05, 4.69) is 39.1 Å². The van der Waals surface area contributed by atoms with Gasteiger partial charge < -0.3 is 16.2 Å². The normalized spacial score (nSPS) is 22.4. The molecule has 0 atom stereocenters. The summed E-state index contributed by atoms with van der Waals surface area (Å²) in [5, 5.41) is 21.3. The summed E-state index contributed by atoms with van der Waals surface area (Å²) in [6.07, 6.45) is 8.58. The molecule has 2 aliphatic rings. The zero-order valence-electron chi connectivity index (χ0n) is 17.6. The molecule has 25 heavy (non-hydrogen) atoms. The predicted molar refractivity (Wildman–Crippen MR) is 105 cm³/mol. The van der Waals surface area contributed by atoms with Crippen molar-refractivity contribution in [1.82, 2.24) is 5.32 Å². The zero-order chi connectivity index (χ0) is 19.0. The predicted octanol–water partition coefficient (Wildman–Crippen LogP) is 5.46. The minimum absolute atomic E-state index is 0. The van der Waals surface area contributed by atoms with Gasteiger partial charge in [-0.2, -0.15) is 5.26 Å². The van der Waals surface area contributed by atoms with Crippen LogP contribution in [-0.2, 0) is 32.7 Å². The van der Waals surface area contributed by atoms with E-state index in [0.29, 0.717) is 6.04 Å². The van der Waals surface area contributed by atoms with E-state index in [0.717, 1.165) is 32.2 Å². The van der Waals surface area contributed by atoms with Crippen molar-refractivity contribution in [3.05, 3.63) is 5.73 Å². The number of hydrogen-bond acceptors (Lipinski definition) is 3. The van der Waals surface area contributed by atoms with E-state index >= 15 is 0 Å². The van der Waals surface area contributed by atoms with Crippen molar-refractivity contribution in [1.29, 1.82) is 5.26 Å². The molecule has 2 aliphatic carbocycles. The first-order chi connectivity index (χ1) is 11.4. The van der Waals surface area contributed by atoms with Gasteiger partial charge in [0.25, 0.3) is 0 Å². The summed E-state index contributed by atoms with van der Waals surface area (Å²) in [5.41, 5.74) is 6.61. The maximum absolute atomic E-state index is 9.88. The number of nitrogens with zero attached hydrogens (tertiary/aromatic N) is 1. The summed E-state index contributed by atoms with van der Waals surface area (Å²) in [5.74, 6) is 0.211. The van der Waals surface area contributed by atoms with E-state index in [1.54, 1.807) is 0 Å². The Morgan fingerprint density at radius 1 is 1.16 bits per heavy atom. The molecule has 5 heteroatoms. The van der Waals surface area contributed by atoms with Gasteiger partial charge in [0.2, 0.25) is 0 Å². The van der Waals surface area contributed by atoms with Crippen molar-refractivity contribution in [2.45, 2.75) is 111 Å². The Balaban J connectivity index is -0.000000299. The van der Waals surface area contributed by atoms with Crippen LogP contribution in [0.3, 0.4) is 0 Å². The molecule has 0 unspecified atom stereocenters. The molecule has 2 fully saturated rings. The summed E-state index contributed by atoms with van der Waals surface area (Å²) in [6.45, 7) is 13.3. The molecule has 0 aromatic rings. The Hall–Kier alpha value is 0.474. The van der Waals surface area contributed by atoms with Crippen molar-refractivity contribution in [3.63, 3.8) is 0 Å². The van der Waals surface area contributed by atoms with E-state index in [-0.39, 0.29) is 50.3 Å². The van der Waals surface area contributed by atoms with Gasteiger partial charge in [0.15, 0.2) is 0 Å². The van der Waals surface area contributed by atoms with Gasteiger partial charge in [-0.15, -0.1) is 6.04 Å². The molecule has 0 bridgehead atoms. The second kappa shape index (κ2) is 19.2. The smallest absolute Gasteiger partial charge is 0.0771 e. The average Bonchev–Trinajstić information content (AvgIpc) is 3.00. The molecule has 147 valence electrons. The van der Waals surface area contributed by atoms with Gasteiger partial charge in [-0.05, 0) is 12.8 Å². The van der Waals surface area contributed by atoms with Crippen molar-refractivity contribution >= 4 is 0 Å². The van der Waals surface area contributed by atoms with Crippen LogP contribution in [0, 0.1) is 17.2 Å². The van der Waals surface area contributed by atoms with E-state index in [4.69, 9.17) is 11.0 Å². The first-order valence-corrected chi connectivity index (χ1v) is 9.93. The first-order valence-electron chi connectivity index (χ1n) is 9.93. The topological polar surface area (TPSA) is 79.8 Å². The number of unbranched alkanes of at least 4 members (excludes halogenated alkanes) is 1. The molecule has 2 rings (SSSR count). The van der Waals surface area contributed by atoms with E-state index < -0.39 is 0 Å². The Morgan fingerprint density at radius 3 is 1.84 bits per heavy atom. The molecular weight excluding hydrogens is 387 g/mol. The summed E-state index contributed by atoms with van der Waals surface area (Å²) in [4.78, 5) is 0. The number of aliphatic hydroxyl groups is 1. The molecule has 0 aliphatic heterocycles. The monoisotopic (exact) mass is 429 g/mol. The fraction of sp³-hybridized carbons (Fsp3) is 0.950. The Labute approximate surface area is 182 Å². The van der Waals surface area contributed by atoms with Gasteiger partial charge in [-0.3, -0.25) is 0 Å². The van der Waals surface area contributed by atoms with Crippen LogP contribution in [0.15, 0.2) is 0 Å². The fourth-order valence-corrected chi connectivity index (χ4v) is 2.33. The Morgan fingerprint density at radius 2 is 1.60 bits per heavy atom. The summed E-state index contributed by atoms with van der Waals surface area (Å²) < 4.78 is 0. The molecule has 0 heterocycles. The fourth-order valence-electron chi connectivity index (χ4n) is 2.33. The summed E-state index contributed by atoms with van der Waals surface area (Å²) >= 11 is 0. The van der Waals surface area contributed by atoms with E-state index in [1.165, 1.54) is 25.7 Å². The maximum atomic E-state index is 9.88. The van der Waals surface area contributed by atoms with Crippen molar-refractivity contribution < 1.29 is 37.8 Å². The van der Waals surface area contributed by atoms with Gasteiger partial charge in [-0.25, -0.2) is 0 Å². The van der Waals surface area contributed by atoms with Crippen LogP contribution in [0.4, 0.5) is 0 Å². The molecule has 0 amide bonds. The van der Waals surface area contributed by atoms with Crippen molar-refractivity contribution in [3.8, 4) is 6.07 Å². The van der Waals surface area contributed by atoms with Crippen LogP contribution in [0.25, 0.3) is 5.73 Å². The quantitative estimate of drug-likeness (QED) is 0.623. The number of nitriles is 1. The molecule has 1 radical (unpaired) electrons. The van der Waals surface area contributed by atoms with Crippen LogP contribution in [0.5, 0.6) is 0 Å². The summed E-state index contributed by atoms with van der Waals surface area (Å²) in [6, 6.07) is 2.67.